The second-order valence-electron chi connectivity index (χ2n) is 3.11. The van der Waals surface area contributed by atoms with E-state index in [2.05, 4.69) is 22.2 Å². The molecule has 0 saturated heterocycles. The third kappa shape index (κ3) is 3.51. The first-order chi connectivity index (χ1) is 7.67. The maximum absolute atomic E-state index is 11.2. The first kappa shape index (κ1) is 12.4. The molecule has 0 spiro atoms. The third-order valence-electron chi connectivity index (χ3n) is 1.99. The Labute approximate surface area is 99.1 Å². The summed E-state index contributed by atoms with van der Waals surface area (Å²) < 4.78 is 0. The zero-order valence-corrected chi connectivity index (χ0v) is 10.2. The van der Waals surface area contributed by atoms with Crippen molar-refractivity contribution in [3.63, 3.8) is 0 Å². The van der Waals surface area contributed by atoms with Crippen molar-refractivity contribution < 1.29 is 4.79 Å². The predicted molar refractivity (Wildman–Crippen MR) is 67.7 cm³/mol. The van der Waals surface area contributed by atoms with E-state index in [1.807, 2.05) is 17.5 Å². The lowest BCUT2D eigenvalue weighted by Gasteiger charge is -2.09. The zero-order chi connectivity index (χ0) is 12.0. The average molecular weight is 237 g/mol. The molecule has 2 N–H and O–H groups in total. The van der Waals surface area contributed by atoms with Crippen molar-refractivity contribution in [3.05, 3.63) is 34.7 Å². The molecule has 0 aliphatic heterocycles. The quantitative estimate of drug-likeness (QED) is 0.469. The van der Waals surface area contributed by atoms with Gasteiger partial charge in [-0.3, -0.25) is 9.79 Å². The molecule has 16 heavy (non-hydrogen) atoms. The smallest absolute Gasteiger partial charge is 0.266 e. The van der Waals surface area contributed by atoms with Crippen LogP contribution in [0, 0.1) is 0 Å². The van der Waals surface area contributed by atoms with Crippen LogP contribution in [-0.2, 0) is 11.2 Å². The first-order valence-corrected chi connectivity index (χ1v) is 5.71. The summed E-state index contributed by atoms with van der Waals surface area (Å²) in [4.78, 5) is 16.5. The minimum absolute atomic E-state index is 0.229. The maximum atomic E-state index is 11.2. The number of hydrogen-bond donors (Lipinski definition) is 2. The number of likely N-dealkylation sites (N-methyl/N-ethyl adjacent to an activating group) is 1. The van der Waals surface area contributed by atoms with Gasteiger partial charge in [0.05, 0.1) is 5.70 Å². The first-order valence-electron chi connectivity index (χ1n) is 4.83. The number of amidine groups is 1. The van der Waals surface area contributed by atoms with Crippen LogP contribution in [0.5, 0.6) is 0 Å². The molecule has 1 aromatic rings. The molecule has 0 bridgehead atoms. The predicted octanol–water partition coefficient (Wildman–Crippen LogP) is 1.17. The standard InChI is InChI=1S/C11H15N3OS/c1-8(11(15)13-3)14-10(12-2)7-9-5-4-6-16-9/h4-6H,1,7H2,2-3H3,(H,12,14)(H,13,15). The highest BCUT2D eigenvalue weighted by Crippen LogP contribution is 2.09. The molecule has 0 radical (unpaired) electrons. The van der Waals surface area contributed by atoms with Crippen LogP contribution >= 0.6 is 11.3 Å². The van der Waals surface area contributed by atoms with E-state index in [-0.39, 0.29) is 5.91 Å². The SMILES string of the molecule is C=C(N/C(Cc1cccs1)=N\C)C(=O)NC. The van der Waals surface area contributed by atoms with Crippen molar-refractivity contribution in [1.29, 1.82) is 0 Å². The summed E-state index contributed by atoms with van der Waals surface area (Å²) in [7, 11) is 3.25. The van der Waals surface area contributed by atoms with Gasteiger partial charge in [0.25, 0.3) is 5.91 Å². The van der Waals surface area contributed by atoms with Crippen LogP contribution in [0.2, 0.25) is 0 Å². The van der Waals surface area contributed by atoms with Gasteiger partial charge in [-0.2, -0.15) is 0 Å². The van der Waals surface area contributed by atoms with Crippen LogP contribution in [0.4, 0.5) is 0 Å². The van der Waals surface area contributed by atoms with Crippen molar-refractivity contribution in [2.75, 3.05) is 14.1 Å². The summed E-state index contributed by atoms with van der Waals surface area (Å²) in [6.45, 7) is 3.64. The normalized spacial score (nSPS) is 11.0. The largest absolute Gasteiger partial charge is 0.354 e. The third-order valence-corrected chi connectivity index (χ3v) is 2.86. The summed E-state index contributed by atoms with van der Waals surface area (Å²) >= 11 is 1.66. The van der Waals surface area contributed by atoms with Crippen LogP contribution in [-0.4, -0.2) is 25.8 Å². The topological polar surface area (TPSA) is 53.5 Å². The summed E-state index contributed by atoms with van der Waals surface area (Å²) in [5, 5.41) is 7.42. The Bertz CT molecular complexity index is 395. The molecular formula is C11H15N3OS. The van der Waals surface area contributed by atoms with Crippen LogP contribution < -0.4 is 10.6 Å². The van der Waals surface area contributed by atoms with Gasteiger partial charge in [0.1, 0.15) is 5.84 Å². The van der Waals surface area contributed by atoms with E-state index in [9.17, 15) is 4.79 Å². The lowest BCUT2D eigenvalue weighted by atomic mass is 10.3. The Kier molecular flexibility index (Phi) is 4.72. The van der Waals surface area contributed by atoms with Crippen molar-refractivity contribution in [3.8, 4) is 0 Å². The zero-order valence-electron chi connectivity index (χ0n) is 9.41. The molecule has 4 nitrogen and oxygen atoms in total. The van der Waals surface area contributed by atoms with Gasteiger partial charge in [-0.1, -0.05) is 12.6 Å². The van der Waals surface area contributed by atoms with Gasteiger partial charge < -0.3 is 10.6 Å². The average Bonchev–Trinajstić information content (AvgIpc) is 2.79. The molecule has 0 unspecified atom stereocenters. The van der Waals surface area contributed by atoms with E-state index in [4.69, 9.17) is 0 Å². The lowest BCUT2D eigenvalue weighted by molar-refractivity contribution is -0.117. The van der Waals surface area contributed by atoms with Gasteiger partial charge in [0.2, 0.25) is 0 Å². The minimum atomic E-state index is -0.229. The summed E-state index contributed by atoms with van der Waals surface area (Å²) in [5.74, 6) is 0.503. The van der Waals surface area contributed by atoms with Gasteiger partial charge >= 0.3 is 0 Å². The van der Waals surface area contributed by atoms with E-state index in [1.54, 1.807) is 25.4 Å². The van der Waals surface area contributed by atoms with Gasteiger partial charge in [-0.15, -0.1) is 11.3 Å². The Hall–Kier alpha value is -1.62. The number of carbonyl (C=O) groups is 1. The number of aliphatic imine (C=N–C) groups is 1. The van der Waals surface area contributed by atoms with Crippen molar-refractivity contribution in [2.24, 2.45) is 4.99 Å². The van der Waals surface area contributed by atoms with Crippen LogP contribution in [0.25, 0.3) is 0 Å². The molecule has 1 aromatic heterocycles. The van der Waals surface area contributed by atoms with E-state index in [1.165, 1.54) is 4.88 Å². The number of hydrogen-bond acceptors (Lipinski definition) is 3. The molecule has 0 aliphatic rings. The highest BCUT2D eigenvalue weighted by molar-refractivity contribution is 7.10. The highest BCUT2D eigenvalue weighted by Gasteiger charge is 2.07. The molecule has 5 heteroatoms. The van der Waals surface area contributed by atoms with E-state index < -0.39 is 0 Å². The molecule has 1 rings (SSSR count). The van der Waals surface area contributed by atoms with Crippen molar-refractivity contribution in [2.45, 2.75) is 6.42 Å². The van der Waals surface area contributed by atoms with Crippen LogP contribution in [0.3, 0.4) is 0 Å². The molecule has 0 saturated carbocycles. The monoisotopic (exact) mass is 237 g/mol. The van der Waals surface area contributed by atoms with Crippen molar-refractivity contribution >= 4 is 23.1 Å². The number of amides is 1. The van der Waals surface area contributed by atoms with Crippen LogP contribution in [0.15, 0.2) is 34.8 Å². The van der Waals surface area contributed by atoms with E-state index in [0.29, 0.717) is 12.1 Å². The number of thiophene rings is 1. The molecule has 0 atom stereocenters. The Morgan fingerprint density at radius 2 is 2.38 bits per heavy atom. The van der Waals surface area contributed by atoms with Crippen LogP contribution in [0.1, 0.15) is 4.88 Å². The van der Waals surface area contributed by atoms with Gasteiger partial charge in [-0.25, -0.2) is 0 Å². The minimum Gasteiger partial charge on any atom is -0.354 e. The Morgan fingerprint density at radius 1 is 1.62 bits per heavy atom. The fraction of sp³-hybridized carbons (Fsp3) is 0.273. The Morgan fingerprint density at radius 3 is 2.88 bits per heavy atom. The fourth-order valence-corrected chi connectivity index (χ4v) is 1.85. The van der Waals surface area contributed by atoms with Gasteiger partial charge in [-0.05, 0) is 11.4 Å². The van der Waals surface area contributed by atoms with Crippen molar-refractivity contribution in [1.82, 2.24) is 10.6 Å². The summed E-state index contributed by atoms with van der Waals surface area (Å²) in [6.07, 6.45) is 0.685. The molecule has 1 heterocycles. The molecule has 0 fully saturated rings. The summed E-state index contributed by atoms with van der Waals surface area (Å²) in [6, 6.07) is 4.01. The molecule has 0 aliphatic carbocycles. The molecule has 1 amide bonds. The molecule has 0 aromatic carbocycles. The molecular weight excluding hydrogens is 222 g/mol. The second-order valence-corrected chi connectivity index (χ2v) is 4.14. The second kappa shape index (κ2) is 6.07. The van der Waals surface area contributed by atoms with Gasteiger partial charge in [0, 0.05) is 25.4 Å². The number of nitrogens with one attached hydrogen (secondary N) is 2. The van der Waals surface area contributed by atoms with E-state index >= 15 is 0 Å². The van der Waals surface area contributed by atoms with Gasteiger partial charge in [0.15, 0.2) is 0 Å². The highest BCUT2D eigenvalue weighted by atomic mass is 32.1. The lowest BCUT2D eigenvalue weighted by Crippen LogP contribution is -2.33. The fourth-order valence-electron chi connectivity index (χ4n) is 1.14. The Balaban J connectivity index is 2.57. The number of nitrogens with zero attached hydrogens (tertiary/aromatic N) is 1. The van der Waals surface area contributed by atoms with E-state index in [0.717, 1.165) is 5.84 Å². The number of carbonyl (C=O) groups excluding carboxylic acids is 1. The number of rotatable bonds is 4. The molecule has 86 valence electrons. The summed E-state index contributed by atoms with van der Waals surface area (Å²) in [5.41, 5.74) is 0.305. The maximum Gasteiger partial charge on any atom is 0.266 e.